The van der Waals surface area contributed by atoms with Crippen molar-refractivity contribution in [3.63, 3.8) is 0 Å². The highest BCUT2D eigenvalue weighted by molar-refractivity contribution is 5.94. The van der Waals surface area contributed by atoms with Gasteiger partial charge >= 0.3 is 0 Å². The Hall–Kier alpha value is -1.06. The lowest BCUT2D eigenvalue weighted by Gasteiger charge is -2.39. The molecule has 1 aliphatic heterocycles. The fourth-order valence-electron chi connectivity index (χ4n) is 2.80. The maximum atomic E-state index is 12.2. The molecule has 1 amide bonds. The summed E-state index contributed by atoms with van der Waals surface area (Å²) >= 11 is 0. The van der Waals surface area contributed by atoms with Crippen LogP contribution in [0.2, 0.25) is 0 Å². The lowest BCUT2D eigenvalue weighted by Crippen LogP contribution is -2.52. The van der Waals surface area contributed by atoms with Gasteiger partial charge in [-0.25, -0.2) is 0 Å². The smallest absolute Gasteiger partial charge is 0.251 e. The lowest BCUT2D eigenvalue weighted by molar-refractivity contribution is 0.0929. The molecule has 0 aliphatic carbocycles. The van der Waals surface area contributed by atoms with Gasteiger partial charge in [-0.3, -0.25) is 4.79 Å². The van der Waals surface area contributed by atoms with E-state index in [9.17, 15) is 4.79 Å². The highest BCUT2D eigenvalue weighted by Crippen LogP contribution is 2.29. The van der Waals surface area contributed by atoms with Crippen molar-refractivity contribution in [3.05, 3.63) is 34.9 Å². The molecule has 3 nitrogen and oxygen atoms in total. The number of piperidine rings is 1. The SMILES string of the molecule is Cc1ccc(C(=O)NCC2NCCCC2(C)C)cc1C.Cl. The molecule has 0 bridgehead atoms. The molecule has 0 saturated carbocycles. The van der Waals surface area contributed by atoms with Crippen LogP contribution in [0.5, 0.6) is 0 Å². The number of halogens is 1. The van der Waals surface area contributed by atoms with Gasteiger partial charge in [0.15, 0.2) is 0 Å². The van der Waals surface area contributed by atoms with Gasteiger partial charge in [-0.2, -0.15) is 0 Å². The molecule has 2 rings (SSSR count). The van der Waals surface area contributed by atoms with E-state index in [0.717, 1.165) is 17.7 Å². The number of benzene rings is 1. The molecular weight excluding hydrogens is 284 g/mol. The van der Waals surface area contributed by atoms with Crippen molar-refractivity contribution in [1.29, 1.82) is 0 Å². The van der Waals surface area contributed by atoms with Gasteiger partial charge in [0.1, 0.15) is 0 Å². The third-order valence-electron chi connectivity index (χ3n) is 4.57. The molecule has 21 heavy (non-hydrogen) atoms. The van der Waals surface area contributed by atoms with Crippen molar-refractivity contribution < 1.29 is 4.79 Å². The van der Waals surface area contributed by atoms with Crippen molar-refractivity contribution in [2.45, 2.75) is 46.6 Å². The Morgan fingerprint density at radius 3 is 2.67 bits per heavy atom. The van der Waals surface area contributed by atoms with E-state index in [1.54, 1.807) is 0 Å². The average Bonchev–Trinajstić information content (AvgIpc) is 2.40. The molecular formula is C17H27ClN2O. The Morgan fingerprint density at radius 1 is 1.33 bits per heavy atom. The molecule has 1 atom stereocenters. The first-order valence-corrected chi connectivity index (χ1v) is 7.49. The number of carbonyl (C=O) groups is 1. The number of carbonyl (C=O) groups excluding carboxylic acids is 1. The van der Waals surface area contributed by atoms with Gasteiger partial charge in [-0.1, -0.05) is 19.9 Å². The van der Waals surface area contributed by atoms with Crippen molar-refractivity contribution in [2.24, 2.45) is 5.41 Å². The first kappa shape index (κ1) is 18.0. The van der Waals surface area contributed by atoms with E-state index in [0.29, 0.717) is 12.6 Å². The fourth-order valence-corrected chi connectivity index (χ4v) is 2.80. The Kier molecular flexibility index (Phi) is 6.24. The number of nitrogens with one attached hydrogen (secondary N) is 2. The van der Waals surface area contributed by atoms with Crippen LogP contribution in [0.15, 0.2) is 18.2 Å². The summed E-state index contributed by atoms with van der Waals surface area (Å²) in [7, 11) is 0. The number of aryl methyl sites for hydroxylation is 2. The fraction of sp³-hybridized carbons (Fsp3) is 0.588. The second kappa shape index (κ2) is 7.28. The van der Waals surface area contributed by atoms with Gasteiger partial charge in [0.2, 0.25) is 0 Å². The Bertz CT molecular complexity index is 500. The van der Waals surface area contributed by atoms with E-state index in [4.69, 9.17) is 0 Å². The zero-order valence-electron chi connectivity index (χ0n) is 13.5. The molecule has 1 fully saturated rings. The van der Waals surface area contributed by atoms with Crippen LogP contribution in [-0.4, -0.2) is 25.0 Å². The summed E-state index contributed by atoms with van der Waals surface area (Å²) in [6.45, 7) is 10.4. The number of rotatable bonds is 3. The van der Waals surface area contributed by atoms with E-state index >= 15 is 0 Å². The van der Waals surface area contributed by atoms with E-state index in [-0.39, 0.29) is 23.7 Å². The standard InChI is InChI=1S/C17H26N2O.ClH/c1-12-6-7-14(10-13(12)2)16(20)19-11-15-17(3,4)8-5-9-18-15;/h6-7,10,15,18H,5,8-9,11H2,1-4H3,(H,19,20);1H. The van der Waals surface area contributed by atoms with Crippen molar-refractivity contribution >= 4 is 18.3 Å². The second-order valence-corrected chi connectivity index (χ2v) is 6.61. The molecule has 0 aromatic heterocycles. The van der Waals surface area contributed by atoms with Crippen LogP contribution < -0.4 is 10.6 Å². The molecule has 1 aliphatic rings. The first-order chi connectivity index (χ1) is 9.40. The molecule has 1 unspecified atom stereocenters. The minimum atomic E-state index is 0. The Balaban J connectivity index is 0.00000220. The van der Waals surface area contributed by atoms with Crippen LogP contribution >= 0.6 is 12.4 Å². The molecule has 1 saturated heterocycles. The van der Waals surface area contributed by atoms with Crippen LogP contribution in [0, 0.1) is 19.3 Å². The van der Waals surface area contributed by atoms with E-state index < -0.39 is 0 Å². The Labute approximate surface area is 134 Å². The van der Waals surface area contributed by atoms with Gasteiger partial charge in [-0.15, -0.1) is 12.4 Å². The van der Waals surface area contributed by atoms with Crippen molar-refractivity contribution in [2.75, 3.05) is 13.1 Å². The molecule has 118 valence electrons. The van der Waals surface area contributed by atoms with Crippen molar-refractivity contribution in [1.82, 2.24) is 10.6 Å². The summed E-state index contributed by atoms with van der Waals surface area (Å²) in [6, 6.07) is 6.22. The summed E-state index contributed by atoms with van der Waals surface area (Å²) in [6.07, 6.45) is 2.43. The average molecular weight is 311 g/mol. The number of hydrogen-bond donors (Lipinski definition) is 2. The van der Waals surface area contributed by atoms with Gasteiger partial charge in [0.25, 0.3) is 5.91 Å². The zero-order chi connectivity index (χ0) is 14.8. The monoisotopic (exact) mass is 310 g/mol. The maximum Gasteiger partial charge on any atom is 0.251 e. The highest BCUT2D eigenvalue weighted by atomic mass is 35.5. The normalized spacial score (nSPS) is 20.5. The quantitative estimate of drug-likeness (QED) is 0.900. The predicted molar refractivity (Wildman–Crippen MR) is 90.3 cm³/mol. The molecule has 1 aromatic carbocycles. The summed E-state index contributed by atoms with van der Waals surface area (Å²) in [4.78, 5) is 12.2. The maximum absolute atomic E-state index is 12.2. The number of amides is 1. The lowest BCUT2D eigenvalue weighted by atomic mass is 9.77. The second-order valence-electron chi connectivity index (χ2n) is 6.61. The van der Waals surface area contributed by atoms with Crippen LogP contribution in [0.3, 0.4) is 0 Å². The molecule has 0 spiro atoms. The predicted octanol–water partition coefficient (Wildman–Crippen LogP) is 3.23. The van der Waals surface area contributed by atoms with E-state index in [1.165, 1.54) is 18.4 Å². The highest BCUT2D eigenvalue weighted by Gasteiger charge is 2.31. The van der Waals surface area contributed by atoms with Gasteiger partial charge in [-0.05, 0) is 61.9 Å². The summed E-state index contributed by atoms with van der Waals surface area (Å²) < 4.78 is 0. The third-order valence-corrected chi connectivity index (χ3v) is 4.57. The summed E-state index contributed by atoms with van der Waals surface area (Å²) in [5.41, 5.74) is 3.38. The van der Waals surface area contributed by atoms with Crippen LogP contribution in [0.4, 0.5) is 0 Å². The largest absolute Gasteiger partial charge is 0.350 e. The molecule has 1 aromatic rings. The number of hydrogen-bond acceptors (Lipinski definition) is 2. The molecule has 0 radical (unpaired) electrons. The minimum absolute atomic E-state index is 0. The summed E-state index contributed by atoms with van der Waals surface area (Å²) in [5, 5.41) is 6.59. The molecule has 1 heterocycles. The van der Waals surface area contributed by atoms with E-state index in [2.05, 4.69) is 31.4 Å². The summed E-state index contributed by atoms with van der Waals surface area (Å²) in [5.74, 6) is 0.0243. The molecule has 4 heteroatoms. The van der Waals surface area contributed by atoms with Crippen LogP contribution in [0.25, 0.3) is 0 Å². The van der Waals surface area contributed by atoms with Gasteiger partial charge < -0.3 is 10.6 Å². The van der Waals surface area contributed by atoms with Crippen molar-refractivity contribution in [3.8, 4) is 0 Å². The Morgan fingerprint density at radius 2 is 2.05 bits per heavy atom. The molecule has 2 N–H and O–H groups in total. The van der Waals surface area contributed by atoms with E-state index in [1.807, 2.05) is 25.1 Å². The van der Waals surface area contributed by atoms with Gasteiger partial charge in [0.05, 0.1) is 0 Å². The van der Waals surface area contributed by atoms with Gasteiger partial charge in [0, 0.05) is 18.2 Å². The van der Waals surface area contributed by atoms with Crippen LogP contribution in [-0.2, 0) is 0 Å². The minimum Gasteiger partial charge on any atom is -0.350 e. The topological polar surface area (TPSA) is 41.1 Å². The zero-order valence-corrected chi connectivity index (χ0v) is 14.3. The first-order valence-electron chi connectivity index (χ1n) is 7.49. The van der Waals surface area contributed by atoms with Crippen LogP contribution in [0.1, 0.15) is 48.2 Å². The third kappa shape index (κ3) is 4.45.